The van der Waals surface area contributed by atoms with Crippen LogP contribution < -0.4 is 9.47 Å². The molecule has 3 aliphatic heterocycles. The van der Waals surface area contributed by atoms with Gasteiger partial charge in [-0.2, -0.15) is 0 Å². The van der Waals surface area contributed by atoms with E-state index in [0.29, 0.717) is 23.2 Å². The van der Waals surface area contributed by atoms with E-state index in [2.05, 4.69) is 20.5 Å². The topological polar surface area (TPSA) is 98.9 Å². The lowest BCUT2D eigenvalue weighted by atomic mass is 9.89. The highest BCUT2D eigenvalue weighted by molar-refractivity contribution is 6.30. The quantitative estimate of drug-likeness (QED) is 0.281. The Labute approximate surface area is 249 Å². The molecule has 7 rings (SSSR count). The van der Waals surface area contributed by atoms with E-state index in [0.717, 1.165) is 85.8 Å². The molecule has 1 N–H and O–H groups in total. The number of benzene rings is 2. The molecule has 2 fully saturated rings. The molecule has 0 aliphatic carbocycles. The minimum Gasteiger partial charge on any atom is -0.478 e. The fraction of sp³-hybridized carbons (Fsp3) is 0.406. The number of carboxylic acid groups (broad SMARTS) is 1. The summed E-state index contributed by atoms with van der Waals surface area (Å²) in [5.41, 5.74) is 3.79. The van der Waals surface area contributed by atoms with Crippen LogP contribution in [0, 0.1) is 5.92 Å². The van der Waals surface area contributed by atoms with Gasteiger partial charge in [0.05, 0.1) is 40.8 Å². The van der Waals surface area contributed by atoms with Crippen LogP contribution in [-0.2, 0) is 30.0 Å². The predicted octanol–water partition coefficient (Wildman–Crippen LogP) is 5.67. The molecule has 4 aromatic rings. The van der Waals surface area contributed by atoms with Crippen molar-refractivity contribution < 1.29 is 24.1 Å². The molecule has 10 heteroatoms. The predicted molar refractivity (Wildman–Crippen MR) is 157 cm³/mol. The number of fused-ring (bicyclic) bond motifs is 2. The van der Waals surface area contributed by atoms with Crippen molar-refractivity contribution in [2.24, 2.45) is 5.92 Å². The van der Waals surface area contributed by atoms with E-state index in [1.807, 2.05) is 31.2 Å². The summed E-state index contributed by atoms with van der Waals surface area (Å²) in [5.74, 6) is 1.10. The number of ether oxygens (including phenoxy) is 3. The molecule has 0 amide bonds. The summed E-state index contributed by atoms with van der Waals surface area (Å²) in [4.78, 5) is 23.4. The van der Waals surface area contributed by atoms with Crippen LogP contribution in [-0.4, -0.2) is 56.3 Å². The first-order valence-corrected chi connectivity index (χ1v) is 14.9. The number of aromatic nitrogens is 3. The summed E-state index contributed by atoms with van der Waals surface area (Å²) in [6.45, 7) is 6.01. The van der Waals surface area contributed by atoms with E-state index in [9.17, 15) is 9.90 Å². The summed E-state index contributed by atoms with van der Waals surface area (Å²) in [6.07, 6.45) is 5.81. The Kier molecular flexibility index (Phi) is 7.04. The second-order valence-electron chi connectivity index (χ2n) is 11.6. The highest BCUT2D eigenvalue weighted by atomic mass is 35.5. The Morgan fingerprint density at radius 3 is 2.67 bits per heavy atom. The Morgan fingerprint density at radius 2 is 1.95 bits per heavy atom. The second kappa shape index (κ2) is 10.9. The highest BCUT2D eigenvalue weighted by Gasteiger charge is 2.41. The number of carboxylic acids is 1. The van der Waals surface area contributed by atoms with Crippen molar-refractivity contribution in [3.8, 4) is 11.5 Å². The number of aromatic carboxylic acids is 1. The van der Waals surface area contributed by atoms with Gasteiger partial charge in [-0.25, -0.2) is 9.78 Å². The maximum atomic E-state index is 11.6. The van der Waals surface area contributed by atoms with Crippen LogP contribution in [0.2, 0.25) is 5.02 Å². The summed E-state index contributed by atoms with van der Waals surface area (Å²) < 4.78 is 20.5. The van der Waals surface area contributed by atoms with Crippen molar-refractivity contribution in [1.29, 1.82) is 0 Å². The van der Waals surface area contributed by atoms with Crippen molar-refractivity contribution in [2.45, 2.75) is 57.6 Å². The zero-order chi connectivity index (χ0) is 28.8. The number of imidazole rings is 1. The molecular weight excluding hydrogens is 556 g/mol. The van der Waals surface area contributed by atoms with E-state index >= 15 is 0 Å². The molecule has 42 heavy (non-hydrogen) atoms. The van der Waals surface area contributed by atoms with Gasteiger partial charge in [0.15, 0.2) is 11.5 Å². The average molecular weight is 589 g/mol. The fourth-order valence-electron chi connectivity index (χ4n) is 6.21. The van der Waals surface area contributed by atoms with Gasteiger partial charge < -0.3 is 23.9 Å². The van der Waals surface area contributed by atoms with Crippen LogP contribution in [0.1, 0.15) is 53.6 Å². The number of halogens is 1. The number of hydrogen-bond donors (Lipinski definition) is 1. The first-order chi connectivity index (χ1) is 20.3. The molecule has 2 aromatic heterocycles. The molecule has 2 atom stereocenters. The van der Waals surface area contributed by atoms with Gasteiger partial charge in [0.25, 0.3) is 5.79 Å². The number of carbonyl (C=O) groups is 1. The van der Waals surface area contributed by atoms with Crippen LogP contribution >= 0.6 is 11.6 Å². The fourth-order valence-corrected chi connectivity index (χ4v) is 6.33. The lowest BCUT2D eigenvalue weighted by molar-refractivity contribution is -0.0721. The Bertz CT molecular complexity index is 1630. The van der Waals surface area contributed by atoms with E-state index in [1.165, 1.54) is 0 Å². The summed E-state index contributed by atoms with van der Waals surface area (Å²) in [5, 5.41) is 10.1. The Morgan fingerprint density at radius 1 is 1.12 bits per heavy atom. The number of rotatable bonds is 8. The summed E-state index contributed by atoms with van der Waals surface area (Å²) in [7, 11) is 0. The van der Waals surface area contributed by atoms with Crippen molar-refractivity contribution in [2.75, 3.05) is 19.7 Å². The molecule has 1 unspecified atom stereocenters. The van der Waals surface area contributed by atoms with Crippen molar-refractivity contribution in [3.63, 3.8) is 0 Å². The maximum absolute atomic E-state index is 11.6. The normalized spacial score (nSPS) is 22.4. The minimum absolute atomic E-state index is 0.150. The van der Waals surface area contributed by atoms with Crippen LogP contribution in [0.5, 0.6) is 11.5 Å². The van der Waals surface area contributed by atoms with E-state index in [4.69, 9.17) is 30.8 Å². The number of piperidine rings is 1. The van der Waals surface area contributed by atoms with E-state index < -0.39 is 11.8 Å². The third kappa shape index (κ3) is 5.21. The van der Waals surface area contributed by atoms with Gasteiger partial charge in [-0.05, 0) is 86.7 Å². The maximum Gasteiger partial charge on any atom is 0.335 e. The number of para-hydroxylation sites is 1. The first-order valence-electron chi connectivity index (χ1n) is 14.5. The van der Waals surface area contributed by atoms with Crippen LogP contribution in [0.25, 0.3) is 11.0 Å². The molecule has 0 saturated carbocycles. The number of nitrogens with zero attached hydrogens (tertiary/aromatic N) is 4. The van der Waals surface area contributed by atoms with Crippen molar-refractivity contribution in [1.82, 2.24) is 19.4 Å². The van der Waals surface area contributed by atoms with Gasteiger partial charge in [-0.15, -0.1) is 0 Å². The number of likely N-dealkylation sites (tertiary alicyclic amines) is 1. The molecule has 0 bridgehead atoms. The molecule has 2 saturated heterocycles. The summed E-state index contributed by atoms with van der Waals surface area (Å²) in [6, 6.07) is 14.9. The smallest absolute Gasteiger partial charge is 0.335 e. The van der Waals surface area contributed by atoms with Gasteiger partial charge in [-0.3, -0.25) is 9.88 Å². The van der Waals surface area contributed by atoms with Gasteiger partial charge in [0.1, 0.15) is 11.5 Å². The highest BCUT2D eigenvalue weighted by Crippen LogP contribution is 2.46. The lowest BCUT2D eigenvalue weighted by Crippen LogP contribution is -2.36. The standard InChI is InChI=1S/C32H33ClN4O5/c1-32(28-8-6-23(33)17-34-28)41-27-4-2-3-21(30(27)42-32)15-20-9-12-36(13-10-20)19-29-35-25-7-5-22(31(38)39)16-26(25)37(29)18-24-11-14-40-24/h2-8,16-17,20,24H,9-15,18-19H2,1H3,(H,38,39)/t24-,32?/m0/s1. The molecule has 2 aromatic carbocycles. The molecule has 9 nitrogen and oxygen atoms in total. The van der Waals surface area contributed by atoms with Gasteiger partial charge in [-0.1, -0.05) is 23.7 Å². The SMILES string of the molecule is CC1(c2ccc(Cl)cn2)Oc2cccc(CC3CCN(Cc4nc5ccc(C(=O)O)cc5n4C[C@@H]4CCO4)CC3)c2O1. The van der Waals surface area contributed by atoms with Crippen molar-refractivity contribution >= 4 is 28.6 Å². The van der Waals surface area contributed by atoms with Crippen LogP contribution in [0.4, 0.5) is 0 Å². The molecule has 0 radical (unpaired) electrons. The number of pyridine rings is 1. The number of hydrogen-bond acceptors (Lipinski definition) is 7. The average Bonchev–Trinajstić information content (AvgIpc) is 3.49. The monoisotopic (exact) mass is 588 g/mol. The lowest BCUT2D eigenvalue weighted by Gasteiger charge is -2.32. The zero-order valence-electron chi connectivity index (χ0n) is 23.5. The van der Waals surface area contributed by atoms with Gasteiger partial charge in [0, 0.05) is 19.7 Å². The first kappa shape index (κ1) is 27.2. The molecular formula is C32H33ClN4O5. The minimum atomic E-state index is -0.992. The largest absolute Gasteiger partial charge is 0.478 e. The van der Waals surface area contributed by atoms with Crippen LogP contribution in [0.15, 0.2) is 54.7 Å². The third-order valence-corrected chi connectivity index (χ3v) is 8.91. The second-order valence-corrected chi connectivity index (χ2v) is 12.0. The van der Waals surface area contributed by atoms with Crippen LogP contribution in [0.3, 0.4) is 0 Å². The Balaban J connectivity index is 1.02. The molecule has 218 valence electrons. The van der Waals surface area contributed by atoms with Gasteiger partial charge >= 0.3 is 5.97 Å². The van der Waals surface area contributed by atoms with E-state index in [-0.39, 0.29) is 11.7 Å². The third-order valence-electron chi connectivity index (χ3n) is 8.69. The summed E-state index contributed by atoms with van der Waals surface area (Å²) >= 11 is 6.04. The van der Waals surface area contributed by atoms with E-state index in [1.54, 1.807) is 24.4 Å². The zero-order valence-corrected chi connectivity index (χ0v) is 24.2. The molecule has 5 heterocycles. The van der Waals surface area contributed by atoms with Crippen molar-refractivity contribution in [3.05, 3.63) is 82.4 Å². The molecule has 0 spiro atoms. The van der Waals surface area contributed by atoms with Gasteiger partial charge in [0.2, 0.25) is 0 Å². The molecule has 3 aliphatic rings. The Hall–Kier alpha value is -3.66.